The highest BCUT2D eigenvalue weighted by Crippen LogP contribution is 2.28. The maximum Gasteiger partial charge on any atom is 0.311 e. The zero-order valence-electron chi connectivity index (χ0n) is 13.4. The molecule has 0 heterocycles. The lowest BCUT2D eigenvalue weighted by Crippen LogP contribution is -2.09. The number of carbonyl (C=O) groups is 1. The van der Waals surface area contributed by atoms with Crippen LogP contribution in [0.2, 0.25) is 0 Å². The number of para-hydroxylation sites is 1. The molecule has 0 aliphatic carbocycles. The molecular weight excluding hydrogens is 308 g/mol. The zero-order valence-corrected chi connectivity index (χ0v) is 14.2. The smallest absolute Gasteiger partial charge is 0.311 e. The van der Waals surface area contributed by atoms with Crippen LogP contribution in [0.5, 0.6) is 5.75 Å². The van der Waals surface area contributed by atoms with E-state index in [1.54, 1.807) is 11.8 Å². The van der Waals surface area contributed by atoms with Gasteiger partial charge in [-0.3, -0.25) is 4.79 Å². The molecule has 0 saturated heterocycles. The Morgan fingerprint density at radius 1 is 1.04 bits per heavy atom. The van der Waals surface area contributed by atoms with Gasteiger partial charge in [0.1, 0.15) is 5.75 Å². The second-order valence-electron chi connectivity index (χ2n) is 5.00. The van der Waals surface area contributed by atoms with Gasteiger partial charge >= 0.3 is 5.97 Å². The molecule has 0 atom stereocenters. The number of thioether (sulfide) groups is 1. The molecule has 0 N–H and O–H groups in total. The molecule has 122 valence electrons. The maximum absolute atomic E-state index is 11.9. The van der Waals surface area contributed by atoms with E-state index in [1.165, 1.54) is 0 Å². The third kappa shape index (κ3) is 6.47. The largest absolute Gasteiger partial charge is 0.425 e. The Bertz CT molecular complexity index is 599. The maximum atomic E-state index is 11.9. The molecular formula is C19H22O3S. The molecule has 2 aromatic rings. The van der Waals surface area contributed by atoms with Crippen LogP contribution in [-0.4, -0.2) is 18.3 Å². The molecule has 2 rings (SSSR count). The van der Waals surface area contributed by atoms with Crippen molar-refractivity contribution in [3.8, 4) is 5.75 Å². The van der Waals surface area contributed by atoms with E-state index >= 15 is 0 Å². The van der Waals surface area contributed by atoms with Crippen molar-refractivity contribution in [3.63, 3.8) is 0 Å². The molecule has 0 aliphatic rings. The van der Waals surface area contributed by atoms with E-state index in [0.29, 0.717) is 31.8 Å². The second kappa shape index (κ2) is 10.1. The molecule has 0 saturated carbocycles. The monoisotopic (exact) mass is 330 g/mol. The van der Waals surface area contributed by atoms with Crippen molar-refractivity contribution < 1.29 is 14.3 Å². The van der Waals surface area contributed by atoms with E-state index in [4.69, 9.17) is 9.47 Å². The number of rotatable bonds is 9. The number of hydrogen-bond acceptors (Lipinski definition) is 4. The molecule has 0 amide bonds. The Kier molecular flexibility index (Phi) is 7.70. The molecule has 0 fully saturated rings. The van der Waals surface area contributed by atoms with Gasteiger partial charge in [-0.05, 0) is 29.9 Å². The van der Waals surface area contributed by atoms with Crippen molar-refractivity contribution in [2.45, 2.75) is 31.3 Å². The Balaban J connectivity index is 1.67. The van der Waals surface area contributed by atoms with Crippen LogP contribution in [0.4, 0.5) is 0 Å². The van der Waals surface area contributed by atoms with Crippen LogP contribution in [0.1, 0.15) is 25.3 Å². The summed E-state index contributed by atoms with van der Waals surface area (Å²) in [5, 5.41) is 0. The van der Waals surface area contributed by atoms with Crippen LogP contribution < -0.4 is 4.74 Å². The summed E-state index contributed by atoms with van der Waals surface area (Å²) in [5.41, 5.74) is 1.14. The van der Waals surface area contributed by atoms with Gasteiger partial charge in [-0.2, -0.15) is 0 Å². The summed E-state index contributed by atoms with van der Waals surface area (Å²) in [4.78, 5) is 12.9. The predicted octanol–water partition coefficient (Wildman–Crippen LogP) is 4.70. The van der Waals surface area contributed by atoms with Gasteiger partial charge in [0.2, 0.25) is 0 Å². The van der Waals surface area contributed by atoms with Gasteiger partial charge in [-0.1, -0.05) is 49.4 Å². The molecule has 0 unspecified atom stereocenters. The van der Waals surface area contributed by atoms with E-state index < -0.39 is 0 Å². The lowest BCUT2D eigenvalue weighted by atomic mass is 10.2. The van der Waals surface area contributed by atoms with E-state index in [2.05, 4.69) is 6.92 Å². The van der Waals surface area contributed by atoms with E-state index in [-0.39, 0.29) is 5.97 Å². The highest BCUT2D eigenvalue weighted by atomic mass is 32.2. The van der Waals surface area contributed by atoms with E-state index in [1.807, 2.05) is 54.6 Å². The first-order valence-corrected chi connectivity index (χ1v) is 8.82. The first kappa shape index (κ1) is 17.6. The van der Waals surface area contributed by atoms with Crippen LogP contribution in [-0.2, 0) is 16.1 Å². The second-order valence-corrected chi connectivity index (χ2v) is 6.30. The van der Waals surface area contributed by atoms with Gasteiger partial charge < -0.3 is 9.47 Å². The SMILES string of the molecule is CCSc1ccccc1OC(=O)CCCOCc1ccccc1. The van der Waals surface area contributed by atoms with Crippen molar-refractivity contribution in [1.29, 1.82) is 0 Å². The van der Waals surface area contributed by atoms with Crippen molar-refractivity contribution in [2.75, 3.05) is 12.4 Å². The first-order chi connectivity index (χ1) is 11.3. The Labute approximate surface area is 142 Å². The van der Waals surface area contributed by atoms with Crippen LogP contribution in [0, 0.1) is 0 Å². The average molecular weight is 330 g/mol. The summed E-state index contributed by atoms with van der Waals surface area (Å²) in [7, 11) is 0. The quantitative estimate of drug-likeness (QED) is 0.289. The molecule has 0 aromatic heterocycles. The molecule has 0 bridgehead atoms. The van der Waals surface area contributed by atoms with Crippen LogP contribution in [0.25, 0.3) is 0 Å². The number of benzene rings is 2. The molecule has 0 aliphatic heterocycles. The minimum atomic E-state index is -0.211. The summed E-state index contributed by atoms with van der Waals surface area (Å²) < 4.78 is 11.0. The Hall–Kier alpha value is -1.78. The highest BCUT2D eigenvalue weighted by molar-refractivity contribution is 7.99. The fraction of sp³-hybridized carbons (Fsp3) is 0.316. The minimum Gasteiger partial charge on any atom is -0.425 e. The van der Waals surface area contributed by atoms with Crippen molar-refractivity contribution in [3.05, 3.63) is 60.2 Å². The van der Waals surface area contributed by atoms with Crippen molar-refractivity contribution in [2.24, 2.45) is 0 Å². The summed E-state index contributed by atoms with van der Waals surface area (Å²) in [5.74, 6) is 1.38. The van der Waals surface area contributed by atoms with Gasteiger partial charge in [0.25, 0.3) is 0 Å². The molecule has 0 spiro atoms. The summed E-state index contributed by atoms with van der Waals surface area (Å²) in [6, 6.07) is 17.6. The van der Waals surface area contributed by atoms with Gasteiger partial charge in [0, 0.05) is 13.0 Å². The fourth-order valence-corrected chi connectivity index (χ4v) is 2.80. The third-order valence-corrected chi connectivity index (χ3v) is 4.09. The minimum absolute atomic E-state index is 0.211. The van der Waals surface area contributed by atoms with Gasteiger partial charge in [-0.25, -0.2) is 0 Å². The average Bonchev–Trinajstić information content (AvgIpc) is 2.57. The number of esters is 1. The molecule has 3 nitrogen and oxygen atoms in total. The highest BCUT2D eigenvalue weighted by Gasteiger charge is 2.08. The Morgan fingerprint density at radius 3 is 2.57 bits per heavy atom. The van der Waals surface area contributed by atoms with Gasteiger partial charge in [0.05, 0.1) is 11.5 Å². The lowest BCUT2D eigenvalue weighted by Gasteiger charge is -2.09. The van der Waals surface area contributed by atoms with Crippen LogP contribution in [0.15, 0.2) is 59.5 Å². The number of hydrogen-bond donors (Lipinski definition) is 0. The summed E-state index contributed by atoms with van der Waals surface area (Å²) >= 11 is 1.67. The van der Waals surface area contributed by atoms with E-state index in [9.17, 15) is 4.79 Å². The third-order valence-electron chi connectivity index (χ3n) is 3.15. The molecule has 4 heteroatoms. The fourth-order valence-electron chi connectivity index (χ4n) is 2.07. The molecule has 0 radical (unpaired) electrons. The van der Waals surface area contributed by atoms with Crippen molar-refractivity contribution in [1.82, 2.24) is 0 Å². The van der Waals surface area contributed by atoms with Crippen LogP contribution >= 0.6 is 11.8 Å². The van der Waals surface area contributed by atoms with Gasteiger partial charge in [-0.15, -0.1) is 11.8 Å². The normalized spacial score (nSPS) is 10.5. The summed E-state index contributed by atoms with van der Waals surface area (Å²) in [6.07, 6.45) is 1.02. The van der Waals surface area contributed by atoms with E-state index in [0.717, 1.165) is 16.2 Å². The van der Waals surface area contributed by atoms with Crippen molar-refractivity contribution >= 4 is 17.7 Å². The molecule has 2 aromatic carbocycles. The lowest BCUT2D eigenvalue weighted by molar-refractivity contribution is -0.134. The first-order valence-electron chi connectivity index (χ1n) is 7.83. The Morgan fingerprint density at radius 2 is 1.78 bits per heavy atom. The zero-order chi connectivity index (χ0) is 16.3. The topological polar surface area (TPSA) is 35.5 Å². The number of carbonyl (C=O) groups excluding carboxylic acids is 1. The van der Waals surface area contributed by atoms with Gasteiger partial charge in [0.15, 0.2) is 0 Å². The predicted molar refractivity (Wildman–Crippen MR) is 93.8 cm³/mol. The standard InChI is InChI=1S/C19H22O3S/c1-2-23-18-12-7-6-11-17(18)22-19(20)13-8-14-21-15-16-9-4-3-5-10-16/h3-7,9-12H,2,8,13-15H2,1H3. The number of ether oxygens (including phenoxy) is 2. The summed E-state index contributed by atoms with van der Waals surface area (Å²) in [6.45, 7) is 3.20. The van der Waals surface area contributed by atoms with Crippen LogP contribution in [0.3, 0.4) is 0 Å². The molecule has 23 heavy (non-hydrogen) atoms.